The van der Waals surface area contributed by atoms with Crippen LogP contribution in [0.5, 0.6) is 0 Å². The van der Waals surface area contributed by atoms with E-state index in [2.05, 4.69) is 0 Å². The molecule has 3 rings (SSSR count). The number of sulfone groups is 1. The van der Waals surface area contributed by atoms with Crippen molar-refractivity contribution >= 4 is 21.4 Å². The third-order valence-corrected chi connectivity index (χ3v) is 5.92. The number of amides is 1. The van der Waals surface area contributed by atoms with Crippen molar-refractivity contribution < 1.29 is 26.4 Å². The minimum absolute atomic E-state index is 0.0901. The molecule has 2 aromatic carbocycles. The highest BCUT2D eigenvalue weighted by atomic mass is 32.2. The van der Waals surface area contributed by atoms with E-state index in [1.165, 1.54) is 12.1 Å². The Balaban J connectivity index is 1.68. The van der Waals surface area contributed by atoms with E-state index in [9.17, 15) is 26.4 Å². The first-order valence-corrected chi connectivity index (χ1v) is 11.0. The van der Waals surface area contributed by atoms with Crippen molar-refractivity contribution in [3.05, 3.63) is 59.4 Å². The van der Waals surface area contributed by atoms with Gasteiger partial charge in [-0.1, -0.05) is 0 Å². The highest BCUT2D eigenvalue weighted by molar-refractivity contribution is 7.90. The number of carbonyl (C=O) groups is 1. The highest BCUT2D eigenvalue weighted by Gasteiger charge is 2.22. The van der Waals surface area contributed by atoms with E-state index in [1.807, 2.05) is 0 Å². The average Bonchev–Trinajstić information content (AvgIpc) is 2.86. The fraction of sp³-hybridized carbons (Fsp3) is 0.350. The zero-order chi connectivity index (χ0) is 21.2. The molecule has 1 aliphatic heterocycles. The van der Waals surface area contributed by atoms with Gasteiger partial charge in [0, 0.05) is 38.5 Å². The van der Waals surface area contributed by atoms with Gasteiger partial charge >= 0.3 is 0 Å². The molecule has 0 atom stereocenters. The predicted octanol–water partition coefficient (Wildman–Crippen LogP) is 2.79. The van der Waals surface area contributed by atoms with E-state index < -0.39 is 27.3 Å². The van der Waals surface area contributed by atoms with Crippen LogP contribution in [0.2, 0.25) is 0 Å². The molecular formula is C20H21F3N2O3S. The van der Waals surface area contributed by atoms with Gasteiger partial charge in [-0.15, -0.1) is 0 Å². The van der Waals surface area contributed by atoms with Gasteiger partial charge in [-0.3, -0.25) is 4.79 Å². The van der Waals surface area contributed by atoms with Crippen molar-refractivity contribution in [1.29, 1.82) is 0 Å². The minimum atomic E-state index is -3.50. The van der Waals surface area contributed by atoms with Crippen LogP contribution in [0, 0.1) is 17.5 Å². The lowest BCUT2D eigenvalue weighted by atomic mass is 10.1. The van der Waals surface area contributed by atoms with Crippen LogP contribution in [0.1, 0.15) is 12.0 Å². The van der Waals surface area contributed by atoms with Gasteiger partial charge < -0.3 is 9.80 Å². The molecule has 1 fully saturated rings. The van der Waals surface area contributed by atoms with Crippen molar-refractivity contribution in [2.24, 2.45) is 0 Å². The number of carbonyl (C=O) groups excluding carboxylic acids is 1. The molecule has 1 heterocycles. The molecule has 0 saturated carbocycles. The van der Waals surface area contributed by atoms with E-state index in [0.717, 1.165) is 30.5 Å². The van der Waals surface area contributed by atoms with E-state index in [4.69, 9.17) is 0 Å². The SMILES string of the molecule is CS(=O)(=O)c1ccc(N2CCCN(C(=O)Cc3cc(F)cc(F)c3)CC2)c(F)c1. The number of halogens is 3. The monoisotopic (exact) mass is 426 g/mol. The second-order valence-corrected chi connectivity index (χ2v) is 9.08. The molecule has 5 nitrogen and oxygen atoms in total. The van der Waals surface area contributed by atoms with Crippen LogP contribution in [0.3, 0.4) is 0 Å². The number of hydrogen-bond acceptors (Lipinski definition) is 4. The van der Waals surface area contributed by atoms with Gasteiger partial charge in [0.25, 0.3) is 0 Å². The fourth-order valence-corrected chi connectivity index (χ4v) is 4.01. The standard InChI is InChI=1S/C20H21F3N2O3S/c1-29(27,28)17-3-4-19(18(23)13-17)24-5-2-6-25(8-7-24)20(26)11-14-9-15(21)12-16(22)10-14/h3-4,9-10,12-13H,2,5-8,11H2,1H3. The van der Waals surface area contributed by atoms with E-state index in [0.29, 0.717) is 32.6 Å². The molecule has 0 unspecified atom stereocenters. The van der Waals surface area contributed by atoms with Crippen LogP contribution in [0.4, 0.5) is 18.9 Å². The van der Waals surface area contributed by atoms with Crippen molar-refractivity contribution in [3.63, 3.8) is 0 Å². The Bertz CT molecular complexity index is 1010. The smallest absolute Gasteiger partial charge is 0.227 e. The topological polar surface area (TPSA) is 57.7 Å². The van der Waals surface area contributed by atoms with Crippen molar-refractivity contribution in [3.8, 4) is 0 Å². The molecule has 1 saturated heterocycles. The Morgan fingerprint density at radius 2 is 1.66 bits per heavy atom. The molecule has 9 heteroatoms. The average molecular weight is 426 g/mol. The Morgan fingerprint density at radius 3 is 2.28 bits per heavy atom. The number of nitrogens with zero attached hydrogens (tertiary/aromatic N) is 2. The molecule has 2 aromatic rings. The summed E-state index contributed by atoms with van der Waals surface area (Å²) in [5.74, 6) is -2.36. The van der Waals surface area contributed by atoms with Crippen LogP contribution < -0.4 is 4.90 Å². The zero-order valence-electron chi connectivity index (χ0n) is 15.9. The lowest BCUT2D eigenvalue weighted by Crippen LogP contribution is -2.36. The minimum Gasteiger partial charge on any atom is -0.367 e. The van der Waals surface area contributed by atoms with Crippen LogP contribution in [0.25, 0.3) is 0 Å². The second kappa shape index (κ2) is 8.44. The van der Waals surface area contributed by atoms with E-state index in [-0.39, 0.29) is 28.5 Å². The summed E-state index contributed by atoms with van der Waals surface area (Å²) in [7, 11) is -3.50. The molecule has 0 spiro atoms. The summed E-state index contributed by atoms with van der Waals surface area (Å²) >= 11 is 0. The molecule has 0 bridgehead atoms. The lowest BCUT2D eigenvalue weighted by Gasteiger charge is -2.24. The maximum atomic E-state index is 14.5. The Hall–Kier alpha value is -2.55. The predicted molar refractivity (Wildman–Crippen MR) is 103 cm³/mol. The van der Waals surface area contributed by atoms with E-state index in [1.54, 1.807) is 9.80 Å². The van der Waals surface area contributed by atoms with Crippen LogP contribution in [0.15, 0.2) is 41.3 Å². The molecule has 1 aliphatic rings. The van der Waals surface area contributed by atoms with Gasteiger partial charge in [-0.2, -0.15) is 0 Å². The Kier molecular flexibility index (Phi) is 6.16. The molecule has 1 amide bonds. The van der Waals surface area contributed by atoms with Crippen molar-refractivity contribution in [1.82, 2.24) is 4.90 Å². The van der Waals surface area contributed by atoms with Crippen molar-refractivity contribution in [2.45, 2.75) is 17.7 Å². The maximum Gasteiger partial charge on any atom is 0.227 e. The summed E-state index contributed by atoms with van der Waals surface area (Å²) in [6, 6.07) is 6.80. The summed E-state index contributed by atoms with van der Waals surface area (Å²) in [6.07, 6.45) is 1.48. The summed E-state index contributed by atoms with van der Waals surface area (Å²) in [6.45, 7) is 1.62. The Labute approximate surface area is 167 Å². The molecule has 0 aliphatic carbocycles. The largest absolute Gasteiger partial charge is 0.367 e. The Morgan fingerprint density at radius 1 is 0.966 bits per heavy atom. The number of rotatable bonds is 4. The highest BCUT2D eigenvalue weighted by Crippen LogP contribution is 2.24. The van der Waals surface area contributed by atoms with Crippen LogP contribution in [-0.2, 0) is 21.1 Å². The van der Waals surface area contributed by atoms with Crippen LogP contribution in [-0.4, -0.2) is 51.7 Å². The van der Waals surface area contributed by atoms with Gasteiger partial charge in [0.05, 0.1) is 17.0 Å². The summed E-state index contributed by atoms with van der Waals surface area (Å²) in [4.78, 5) is 15.8. The quantitative estimate of drug-likeness (QED) is 0.755. The first-order valence-electron chi connectivity index (χ1n) is 9.11. The van der Waals surface area contributed by atoms with E-state index >= 15 is 0 Å². The van der Waals surface area contributed by atoms with Gasteiger partial charge in [0.1, 0.15) is 17.5 Å². The summed E-state index contributed by atoms with van der Waals surface area (Å²) < 4.78 is 64.2. The molecule has 156 valence electrons. The van der Waals surface area contributed by atoms with Gasteiger partial charge in [-0.25, -0.2) is 21.6 Å². The van der Waals surface area contributed by atoms with Gasteiger partial charge in [0.15, 0.2) is 9.84 Å². The van der Waals surface area contributed by atoms with Gasteiger partial charge in [-0.05, 0) is 42.3 Å². The van der Waals surface area contributed by atoms with Crippen molar-refractivity contribution in [2.75, 3.05) is 37.3 Å². The molecule has 0 N–H and O–H groups in total. The summed E-state index contributed by atoms with van der Waals surface area (Å²) in [5.41, 5.74) is 0.537. The number of hydrogen-bond donors (Lipinski definition) is 0. The third kappa shape index (κ3) is 5.29. The van der Waals surface area contributed by atoms with Crippen LogP contribution >= 0.6 is 0 Å². The lowest BCUT2D eigenvalue weighted by molar-refractivity contribution is -0.130. The number of benzene rings is 2. The molecule has 0 radical (unpaired) electrons. The van der Waals surface area contributed by atoms with Gasteiger partial charge in [0.2, 0.25) is 5.91 Å². The molecule has 0 aromatic heterocycles. The molecular weight excluding hydrogens is 405 g/mol. The normalized spacial score (nSPS) is 15.3. The molecule has 29 heavy (non-hydrogen) atoms. The third-order valence-electron chi connectivity index (χ3n) is 4.81. The maximum absolute atomic E-state index is 14.5. The first kappa shape index (κ1) is 21.2. The fourth-order valence-electron chi connectivity index (χ4n) is 3.38. The zero-order valence-corrected chi connectivity index (χ0v) is 16.7. The summed E-state index contributed by atoms with van der Waals surface area (Å²) in [5, 5.41) is 0. The first-order chi connectivity index (χ1) is 13.6. The number of anilines is 1. The second-order valence-electron chi connectivity index (χ2n) is 7.06.